The van der Waals surface area contributed by atoms with Gasteiger partial charge in [0.25, 0.3) is 0 Å². The number of carbonyl (C=O) groups excluding carboxylic acids is 1. The Morgan fingerprint density at radius 1 is 1.39 bits per heavy atom. The summed E-state index contributed by atoms with van der Waals surface area (Å²) < 4.78 is 5.05. The van der Waals surface area contributed by atoms with Crippen LogP contribution in [0.3, 0.4) is 0 Å². The minimum Gasteiger partial charge on any atom is -0.384 e. The van der Waals surface area contributed by atoms with Crippen LogP contribution in [0.25, 0.3) is 0 Å². The number of ether oxygens (including phenoxy) is 1. The quantitative estimate of drug-likeness (QED) is 0.700. The van der Waals surface area contributed by atoms with E-state index in [9.17, 15) is 4.79 Å². The summed E-state index contributed by atoms with van der Waals surface area (Å²) in [6, 6.07) is 8.14. The van der Waals surface area contributed by atoms with Gasteiger partial charge in [-0.15, -0.1) is 12.4 Å². The normalized spacial score (nSPS) is 15.0. The van der Waals surface area contributed by atoms with E-state index in [1.54, 1.807) is 7.11 Å². The molecule has 0 aliphatic carbocycles. The van der Waals surface area contributed by atoms with Gasteiger partial charge in [-0.1, -0.05) is 12.1 Å². The number of piperidine rings is 1. The second-order valence-electron chi connectivity index (χ2n) is 5.69. The SMILES string of the molecule is COCCSCc1cccc(NC(=O)CC2CCNCC2)c1.Cl. The van der Waals surface area contributed by atoms with E-state index in [-0.39, 0.29) is 18.3 Å². The third-order valence-corrected chi connectivity index (χ3v) is 4.84. The van der Waals surface area contributed by atoms with Crippen LogP contribution in [-0.4, -0.2) is 38.5 Å². The van der Waals surface area contributed by atoms with Crippen LogP contribution in [0, 0.1) is 5.92 Å². The molecule has 23 heavy (non-hydrogen) atoms. The van der Waals surface area contributed by atoms with Gasteiger partial charge in [0.15, 0.2) is 0 Å². The molecule has 0 bridgehead atoms. The van der Waals surface area contributed by atoms with Crippen molar-refractivity contribution in [1.82, 2.24) is 5.32 Å². The van der Waals surface area contributed by atoms with Gasteiger partial charge in [-0.2, -0.15) is 11.8 Å². The number of hydrogen-bond donors (Lipinski definition) is 2. The summed E-state index contributed by atoms with van der Waals surface area (Å²) >= 11 is 1.84. The maximum Gasteiger partial charge on any atom is 0.224 e. The van der Waals surface area contributed by atoms with E-state index >= 15 is 0 Å². The van der Waals surface area contributed by atoms with Gasteiger partial charge in [0.05, 0.1) is 6.61 Å². The Kier molecular flexibility index (Phi) is 10.4. The molecule has 0 atom stereocenters. The van der Waals surface area contributed by atoms with E-state index in [1.165, 1.54) is 5.56 Å². The van der Waals surface area contributed by atoms with E-state index in [0.717, 1.165) is 49.7 Å². The molecule has 1 aliphatic rings. The van der Waals surface area contributed by atoms with Gasteiger partial charge in [0.1, 0.15) is 0 Å². The summed E-state index contributed by atoms with van der Waals surface area (Å²) in [6.45, 7) is 2.84. The van der Waals surface area contributed by atoms with Gasteiger partial charge >= 0.3 is 0 Å². The highest BCUT2D eigenvalue weighted by Gasteiger charge is 2.16. The van der Waals surface area contributed by atoms with E-state index in [4.69, 9.17) is 4.74 Å². The Bertz CT molecular complexity index is 468. The number of methoxy groups -OCH3 is 1. The Balaban J connectivity index is 0.00000264. The molecule has 2 N–H and O–H groups in total. The number of carbonyl (C=O) groups is 1. The molecule has 1 aromatic carbocycles. The number of halogens is 1. The second kappa shape index (κ2) is 11.7. The van der Waals surface area contributed by atoms with Gasteiger partial charge in [-0.25, -0.2) is 0 Å². The monoisotopic (exact) mass is 358 g/mol. The number of rotatable bonds is 8. The number of amides is 1. The average molecular weight is 359 g/mol. The number of nitrogens with one attached hydrogen (secondary N) is 2. The molecule has 0 saturated carbocycles. The lowest BCUT2D eigenvalue weighted by atomic mass is 9.94. The van der Waals surface area contributed by atoms with Crippen LogP contribution in [0.1, 0.15) is 24.8 Å². The first-order valence-corrected chi connectivity index (χ1v) is 9.09. The van der Waals surface area contributed by atoms with Crippen molar-refractivity contribution in [2.75, 3.05) is 37.9 Å². The lowest BCUT2D eigenvalue weighted by Gasteiger charge is -2.21. The van der Waals surface area contributed by atoms with E-state index < -0.39 is 0 Å². The maximum atomic E-state index is 12.1. The zero-order valence-corrected chi connectivity index (χ0v) is 15.3. The molecule has 4 nitrogen and oxygen atoms in total. The van der Waals surface area contributed by atoms with Gasteiger partial charge in [0, 0.05) is 30.7 Å². The van der Waals surface area contributed by atoms with E-state index in [1.807, 2.05) is 23.9 Å². The molecule has 2 rings (SSSR count). The van der Waals surface area contributed by atoms with Crippen LogP contribution in [0.5, 0.6) is 0 Å². The van der Waals surface area contributed by atoms with Crippen molar-refractivity contribution in [1.29, 1.82) is 0 Å². The topological polar surface area (TPSA) is 50.4 Å². The van der Waals surface area contributed by atoms with Crippen molar-refractivity contribution in [3.63, 3.8) is 0 Å². The fraction of sp³-hybridized carbons (Fsp3) is 0.588. The number of anilines is 1. The predicted octanol–water partition coefficient (Wildman–Crippen LogP) is 3.32. The third-order valence-electron chi connectivity index (χ3n) is 3.84. The molecule has 0 unspecified atom stereocenters. The summed E-state index contributed by atoms with van der Waals surface area (Å²) in [5.41, 5.74) is 2.14. The molecular weight excluding hydrogens is 332 g/mol. The fourth-order valence-corrected chi connectivity index (χ4v) is 3.48. The highest BCUT2D eigenvalue weighted by molar-refractivity contribution is 7.98. The summed E-state index contributed by atoms with van der Waals surface area (Å²) in [4.78, 5) is 12.1. The average Bonchev–Trinajstić information content (AvgIpc) is 2.53. The van der Waals surface area contributed by atoms with Gasteiger partial charge < -0.3 is 15.4 Å². The zero-order chi connectivity index (χ0) is 15.6. The number of thioether (sulfide) groups is 1. The minimum atomic E-state index is 0. The van der Waals surface area contributed by atoms with Gasteiger partial charge in [-0.3, -0.25) is 4.79 Å². The third kappa shape index (κ3) is 8.06. The fourth-order valence-electron chi connectivity index (χ4n) is 2.63. The standard InChI is InChI=1S/C17H26N2O2S.ClH/c1-21-9-10-22-13-15-3-2-4-16(11-15)19-17(20)12-14-5-7-18-8-6-14;/h2-4,11,14,18H,5-10,12-13H2,1H3,(H,19,20);1H. The Morgan fingerprint density at radius 2 is 2.17 bits per heavy atom. The minimum absolute atomic E-state index is 0. The molecular formula is C17H27ClN2O2S. The van der Waals surface area contributed by atoms with Crippen LogP contribution >= 0.6 is 24.2 Å². The highest BCUT2D eigenvalue weighted by atomic mass is 35.5. The summed E-state index contributed by atoms with van der Waals surface area (Å²) in [7, 11) is 1.72. The molecule has 130 valence electrons. The molecule has 1 aromatic rings. The summed E-state index contributed by atoms with van der Waals surface area (Å²) in [5.74, 6) is 2.59. The van der Waals surface area contributed by atoms with Crippen molar-refractivity contribution < 1.29 is 9.53 Å². The van der Waals surface area contributed by atoms with Crippen LogP contribution in [0.15, 0.2) is 24.3 Å². The van der Waals surface area contributed by atoms with Crippen molar-refractivity contribution >= 4 is 35.8 Å². The smallest absolute Gasteiger partial charge is 0.224 e. The van der Waals surface area contributed by atoms with E-state index in [2.05, 4.69) is 22.8 Å². The molecule has 0 radical (unpaired) electrons. The highest BCUT2D eigenvalue weighted by Crippen LogP contribution is 2.19. The molecule has 6 heteroatoms. The van der Waals surface area contributed by atoms with Crippen LogP contribution < -0.4 is 10.6 Å². The van der Waals surface area contributed by atoms with Gasteiger partial charge in [-0.05, 0) is 49.5 Å². The lowest BCUT2D eigenvalue weighted by molar-refractivity contribution is -0.117. The molecule has 0 aromatic heterocycles. The lowest BCUT2D eigenvalue weighted by Crippen LogP contribution is -2.30. The van der Waals surface area contributed by atoms with E-state index in [0.29, 0.717) is 12.3 Å². The number of benzene rings is 1. The zero-order valence-electron chi connectivity index (χ0n) is 13.7. The molecule has 1 fully saturated rings. The first-order valence-electron chi connectivity index (χ1n) is 7.94. The Morgan fingerprint density at radius 3 is 2.91 bits per heavy atom. The van der Waals surface area contributed by atoms with Crippen molar-refractivity contribution in [2.45, 2.75) is 25.0 Å². The maximum absolute atomic E-state index is 12.1. The molecule has 1 amide bonds. The Hall–Kier alpha value is -0.750. The van der Waals surface area contributed by atoms with Crippen molar-refractivity contribution in [2.24, 2.45) is 5.92 Å². The van der Waals surface area contributed by atoms with Crippen molar-refractivity contribution in [3.05, 3.63) is 29.8 Å². The second-order valence-corrected chi connectivity index (χ2v) is 6.80. The largest absolute Gasteiger partial charge is 0.384 e. The summed E-state index contributed by atoms with van der Waals surface area (Å²) in [5, 5.41) is 6.37. The molecule has 0 spiro atoms. The van der Waals surface area contributed by atoms with Crippen molar-refractivity contribution in [3.8, 4) is 0 Å². The van der Waals surface area contributed by atoms with Crippen LogP contribution in [0.2, 0.25) is 0 Å². The first kappa shape index (κ1) is 20.3. The summed E-state index contributed by atoms with van der Waals surface area (Å²) in [6.07, 6.45) is 2.84. The van der Waals surface area contributed by atoms with Gasteiger partial charge in [0.2, 0.25) is 5.91 Å². The van der Waals surface area contributed by atoms with Crippen LogP contribution in [-0.2, 0) is 15.3 Å². The molecule has 1 saturated heterocycles. The number of hydrogen-bond acceptors (Lipinski definition) is 4. The molecule has 1 heterocycles. The molecule has 1 aliphatic heterocycles. The predicted molar refractivity (Wildman–Crippen MR) is 101 cm³/mol. The Labute approximate surface area is 149 Å². The first-order chi connectivity index (χ1) is 10.8. The van der Waals surface area contributed by atoms with Crippen LogP contribution in [0.4, 0.5) is 5.69 Å².